The number of ether oxygens (including phenoxy) is 1. The van der Waals surface area contributed by atoms with Gasteiger partial charge in [0.2, 0.25) is 0 Å². The predicted molar refractivity (Wildman–Crippen MR) is 98.9 cm³/mol. The molecular weight excluding hydrogens is 356 g/mol. The topological polar surface area (TPSA) is 102 Å². The normalized spacial score (nSPS) is 11.1. The molecule has 0 fully saturated rings. The summed E-state index contributed by atoms with van der Waals surface area (Å²) in [5.74, 6) is -0.475. The van der Waals surface area contributed by atoms with Gasteiger partial charge in [0.1, 0.15) is 0 Å². The standard InChI is InChI=1S/C18H18N2O5S/c1-2-25-17(21)15-8-10-16(11-9-15)19-18(22)20-26(23,24)13-12-14-6-4-3-5-7-14/h3-13H,2H2,1H3,(H2,19,20,22). The molecule has 2 N–H and O–H groups in total. The summed E-state index contributed by atoms with van der Waals surface area (Å²) in [5, 5.41) is 3.29. The lowest BCUT2D eigenvalue weighted by atomic mass is 10.2. The van der Waals surface area contributed by atoms with Crippen molar-refractivity contribution < 1.29 is 22.7 Å². The number of anilines is 1. The number of amides is 2. The summed E-state index contributed by atoms with van der Waals surface area (Å²) in [6.07, 6.45) is 1.38. The Labute approximate surface area is 151 Å². The van der Waals surface area contributed by atoms with Gasteiger partial charge in [0.05, 0.1) is 17.6 Å². The summed E-state index contributed by atoms with van der Waals surface area (Å²) in [6, 6.07) is 13.8. The first-order valence-corrected chi connectivity index (χ1v) is 9.28. The molecule has 0 saturated carbocycles. The SMILES string of the molecule is CCOC(=O)c1ccc(NC(=O)NS(=O)(=O)C=Cc2ccccc2)cc1. The summed E-state index contributed by atoms with van der Waals surface area (Å²) < 4.78 is 30.5. The number of urea groups is 1. The van der Waals surface area contributed by atoms with E-state index in [2.05, 4.69) is 5.32 Å². The number of carbonyl (C=O) groups excluding carboxylic acids is 2. The van der Waals surface area contributed by atoms with E-state index in [1.807, 2.05) is 10.8 Å². The molecule has 0 heterocycles. The zero-order chi connectivity index (χ0) is 19.0. The van der Waals surface area contributed by atoms with Crippen molar-refractivity contribution in [3.63, 3.8) is 0 Å². The molecule has 2 aromatic rings. The van der Waals surface area contributed by atoms with Crippen LogP contribution in [0.4, 0.5) is 10.5 Å². The number of esters is 1. The minimum absolute atomic E-state index is 0.260. The van der Waals surface area contributed by atoms with E-state index in [9.17, 15) is 18.0 Å². The van der Waals surface area contributed by atoms with Gasteiger partial charge in [-0.25, -0.2) is 22.7 Å². The Morgan fingerprint density at radius 3 is 2.31 bits per heavy atom. The molecule has 0 bridgehead atoms. The summed E-state index contributed by atoms with van der Waals surface area (Å²) >= 11 is 0. The first kappa shape index (κ1) is 19.2. The maximum Gasteiger partial charge on any atom is 0.338 e. The van der Waals surface area contributed by atoms with Gasteiger partial charge in [0.15, 0.2) is 0 Å². The van der Waals surface area contributed by atoms with Crippen molar-refractivity contribution in [1.82, 2.24) is 4.72 Å². The molecule has 7 nitrogen and oxygen atoms in total. The van der Waals surface area contributed by atoms with Crippen molar-refractivity contribution in [2.45, 2.75) is 6.92 Å². The van der Waals surface area contributed by atoms with Gasteiger partial charge in [-0.05, 0) is 42.8 Å². The van der Waals surface area contributed by atoms with E-state index < -0.39 is 22.0 Å². The maximum atomic E-state index is 11.9. The van der Waals surface area contributed by atoms with E-state index in [0.29, 0.717) is 16.8 Å². The van der Waals surface area contributed by atoms with Crippen LogP contribution in [0.15, 0.2) is 60.0 Å². The maximum absolute atomic E-state index is 11.9. The van der Waals surface area contributed by atoms with Crippen LogP contribution in [0.3, 0.4) is 0 Å². The number of carbonyl (C=O) groups is 2. The lowest BCUT2D eigenvalue weighted by molar-refractivity contribution is 0.0526. The molecule has 2 rings (SSSR count). The monoisotopic (exact) mass is 374 g/mol. The third kappa shape index (κ3) is 6.06. The van der Waals surface area contributed by atoms with E-state index in [1.54, 1.807) is 31.2 Å². The Kier molecular flexibility index (Phi) is 6.51. The average Bonchev–Trinajstić information content (AvgIpc) is 2.61. The van der Waals surface area contributed by atoms with Gasteiger partial charge in [-0.3, -0.25) is 0 Å². The van der Waals surface area contributed by atoms with Crippen molar-refractivity contribution >= 4 is 33.8 Å². The molecule has 0 aromatic heterocycles. The van der Waals surface area contributed by atoms with E-state index in [1.165, 1.54) is 30.3 Å². The third-order valence-corrected chi connectivity index (χ3v) is 4.09. The lowest BCUT2D eigenvalue weighted by Crippen LogP contribution is -2.32. The first-order valence-electron chi connectivity index (χ1n) is 7.74. The molecule has 26 heavy (non-hydrogen) atoms. The van der Waals surface area contributed by atoms with E-state index in [4.69, 9.17) is 4.74 Å². The molecular formula is C18H18N2O5S. The fourth-order valence-corrected chi connectivity index (χ4v) is 2.67. The number of rotatable bonds is 6. The highest BCUT2D eigenvalue weighted by Crippen LogP contribution is 2.11. The smallest absolute Gasteiger partial charge is 0.338 e. The van der Waals surface area contributed by atoms with Gasteiger partial charge < -0.3 is 10.1 Å². The van der Waals surface area contributed by atoms with Gasteiger partial charge in [-0.15, -0.1) is 0 Å². The Bertz CT molecular complexity index is 891. The van der Waals surface area contributed by atoms with Gasteiger partial charge in [0, 0.05) is 5.69 Å². The minimum Gasteiger partial charge on any atom is -0.462 e. The van der Waals surface area contributed by atoms with Crippen molar-refractivity contribution in [2.75, 3.05) is 11.9 Å². The number of benzene rings is 2. The van der Waals surface area contributed by atoms with Crippen molar-refractivity contribution in [3.05, 3.63) is 71.1 Å². The second kappa shape index (κ2) is 8.82. The highest BCUT2D eigenvalue weighted by Gasteiger charge is 2.12. The molecule has 0 radical (unpaired) electrons. The minimum atomic E-state index is -3.94. The molecule has 8 heteroatoms. The van der Waals surface area contributed by atoms with Crippen LogP contribution in [0.2, 0.25) is 0 Å². The van der Waals surface area contributed by atoms with Crippen LogP contribution in [-0.4, -0.2) is 27.0 Å². The Morgan fingerprint density at radius 1 is 1.04 bits per heavy atom. The van der Waals surface area contributed by atoms with Crippen molar-refractivity contribution in [3.8, 4) is 0 Å². The van der Waals surface area contributed by atoms with E-state index in [-0.39, 0.29) is 6.61 Å². The number of nitrogens with one attached hydrogen (secondary N) is 2. The summed E-state index contributed by atoms with van der Waals surface area (Å²) in [5.41, 5.74) is 1.35. The van der Waals surface area contributed by atoms with Crippen LogP contribution >= 0.6 is 0 Å². The van der Waals surface area contributed by atoms with Gasteiger partial charge in [-0.1, -0.05) is 30.3 Å². The number of hydrogen-bond donors (Lipinski definition) is 2. The highest BCUT2D eigenvalue weighted by molar-refractivity contribution is 7.93. The molecule has 136 valence electrons. The molecule has 0 aliphatic carbocycles. The zero-order valence-corrected chi connectivity index (χ0v) is 14.8. The van der Waals surface area contributed by atoms with Gasteiger partial charge in [-0.2, -0.15) is 0 Å². The third-order valence-electron chi connectivity index (χ3n) is 3.13. The van der Waals surface area contributed by atoms with Crippen LogP contribution in [0.25, 0.3) is 6.08 Å². The summed E-state index contributed by atoms with van der Waals surface area (Å²) in [6.45, 7) is 1.96. The predicted octanol–water partition coefficient (Wildman–Crippen LogP) is 2.99. The van der Waals surface area contributed by atoms with Crippen LogP contribution in [0.5, 0.6) is 0 Å². The molecule has 0 spiro atoms. The first-order chi connectivity index (χ1) is 12.4. The van der Waals surface area contributed by atoms with E-state index >= 15 is 0 Å². The van der Waals surface area contributed by atoms with Crippen LogP contribution < -0.4 is 10.0 Å². The molecule has 2 amide bonds. The quantitative estimate of drug-likeness (QED) is 0.757. The number of hydrogen-bond acceptors (Lipinski definition) is 5. The number of sulfonamides is 1. The summed E-state index contributed by atoms with van der Waals surface area (Å²) in [4.78, 5) is 23.4. The van der Waals surface area contributed by atoms with Crippen molar-refractivity contribution in [2.24, 2.45) is 0 Å². The fourth-order valence-electron chi connectivity index (χ4n) is 1.96. The zero-order valence-electron chi connectivity index (χ0n) is 14.0. The van der Waals surface area contributed by atoms with E-state index in [0.717, 1.165) is 5.41 Å². The van der Waals surface area contributed by atoms with Crippen molar-refractivity contribution in [1.29, 1.82) is 0 Å². The summed E-state index contributed by atoms with van der Waals surface area (Å²) in [7, 11) is -3.94. The average molecular weight is 374 g/mol. The second-order valence-electron chi connectivity index (χ2n) is 5.11. The van der Waals surface area contributed by atoms with Gasteiger partial charge in [0.25, 0.3) is 10.0 Å². The Hall–Kier alpha value is -3.13. The lowest BCUT2D eigenvalue weighted by Gasteiger charge is -2.07. The molecule has 0 saturated heterocycles. The molecule has 0 aliphatic heterocycles. The highest BCUT2D eigenvalue weighted by atomic mass is 32.2. The largest absolute Gasteiger partial charge is 0.462 e. The molecule has 0 aliphatic rings. The van der Waals surface area contributed by atoms with Gasteiger partial charge >= 0.3 is 12.0 Å². The van der Waals surface area contributed by atoms with Crippen LogP contribution in [0, 0.1) is 0 Å². The Morgan fingerprint density at radius 2 is 1.69 bits per heavy atom. The molecule has 0 unspecified atom stereocenters. The second-order valence-corrected chi connectivity index (χ2v) is 6.68. The molecule has 0 atom stereocenters. The van der Waals surface area contributed by atoms with Crippen LogP contribution in [0.1, 0.15) is 22.8 Å². The Balaban J connectivity index is 1.95. The molecule has 2 aromatic carbocycles. The van der Waals surface area contributed by atoms with Crippen LogP contribution in [-0.2, 0) is 14.8 Å². The fraction of sp³-hybridized carbons (Fsp3) is 0.111.